The van der Waals surface area contributed by atoms with Gasteiger partial charge in [-0.2, -0.15) is 0 Å². The van der Waals surface area contributed by atoms with Gasteiger partial charge in [0.2, 0.25) is 0 Å². The Kier molecular flexibility index (Phi) is 3.90. The van der Waals surface area contributed by atoms with E-state index in [1.165, 1.54) is 0 Å². The predicted octanol–water partition coefficient (Wildman–Crippen LogP) is 1.91. The van der Waals surface area contributed by atoms with E-state index in [2.05, 4.69) is 4.99 Å². The van der Waals surface area contributed by atoms with Gasteiger partial charge in [0.25, 0.3) is 0 Å². The highest BCUT2D eigenvalue weighted by atomic mass is 16.5. The lowest BCUT2D eigenvalue weighted by Crippen LogP contribution is -2.21. The first-order valence-corrected chi connectivity index (χ1v) is 5.19. The lowest BCUT2D eigenvalue weighted by atomic mass is 10.1. The van der Waals surface area contributed by atoms with Gasteiger partial charge in [-0.3, -0.25) is 0 Å². The fraction of sp³-hybridized carbons (Fsp3) is 0.417. The van der Waals surface area contributed by atoms with Crippen LogP contribution in [0.3, 0.4) is 0 Å². The first kappa shape index (κ1) is 12.5. The molecule has 0 aromatic heterocycles. The zero-order chi connectivity index (χ0) is 12.2. The van der Waals surface area contributed by atoms with E-state index in [9.17, 15) is 0 Å². The van der Waals surface area contributed by atoms with Crippen LogP contribution in [0.4, 0.5) is 5.69 Å². The monoisotopic (exact) mass is 221 g/mol. The Labute approximate surface area is 96.3 Å². The molecule has 0 fully saturated rings. The van der Waals surface area contributed by atoms with Crippen molar-refractivity contribution in [1.29, 1.82) is 0 Å². The number of guanidine groups is 1. The van der Waals surface area contributed by atoms with Crippen LogP contribution in [0.2, 0.25) is 0 Å². The van der Waals surface area contributed by atoms with Gasteiger partial charge in [0, 0.05) is 0 Å². The molecular weight excluding hydrogens is 202 g/mol. The van der Waals surface area contributed by atoms with Crippen molar-refractivity contribution >= 4 is 11.6 Å². The van der Waals surface area contributed by atoms with Crippen molar-refractivity contribution in [1.82, 2.24) is 0 Å². The SMILES string of the molecule is CC(C)(C)OCc1cccc(N=C(N)N)c1. The number of ether oxygens (including phenoxy) is 1. The van der Waals surface area contributed by atoms with Gasteiger partial charge in [0.1, 0.15) is 0 Å². The van der Waals surface area contributed by atoms with E-state index >= 15 is 0 Å². The van der Waals surface area contributed by atoms with Gasteiger partial charge >= 0.3 is 0 Å². The van der Waals surface area contributed by atoms with Gasteiger partial charge in [-0.15, -0.1) is 0 Å². The molecule has 0 amide bonds. The average Bonchev–Trinajstić information content (AvgIpc) is 2.13. The van der Waals surface area contributed by atoms with Crippen molar-refractivity contribution in [2.75, 3.05) is 0 Å². The van der Waals surface area contributed by atoms with Gasteiger partial charge in [-0.1, -0.05) is 12.1 Å². The quantitative estimate of drug-likeness (QED) is 0.604. The van der Waals surface area contributed by atoms with E-state index in [4.69, 9.17) is 16.2 Å². The Hall–Kier alpha value is -1.55. The maximum Gasteiger partial charge on any atom is 0.191 e. The predicted molar refractivity (Wildman–Crippen MR) is 66.5 cm³/mol. The van der Waals surface area contributed by atoms with Crippen LogP contribution in [0.25, 0.3) is 0 Å². The van der Waals surface area contributed by atoms with E-state index in [1.54, 1.807) is 0 Å². The van der Waals surface area contributed by atoms with E-state index < -0.39 is 0 Å². The molecule has 0 unspecified atom stereocenters. The number of aliphatic imine (C=N–C) groups is 1. The van der Waals surface area contributed by atoms with Crippen molar-refractivity contribution in [2.45, 2.75) is 33.0 Å². The zero-order valence-corrected chi connectivity index (χ0v) is 10.0. The summed E-state index contributed by atoms with van der Waals surface area (Å²) in [4.78, 5) is 3.98. The summed E-state index contributed by atoms with van der Waals surface area (Å²) in [6, 6.07) is 7.65. The third kappa shape index (κ3) is 4.79. The van der Waals surface area contributed by atoms with Crippen LogP contribution in [0.5, 0.6) is 0 Å². The topological polar surface area (TPSA) is 73.6 Å². The summed E-state index contributed by atoms with van der Waals surface area (Å²) in [5.41, 5.74) is 12.3. The summed E-state index contributed by atoms with van der Waals surface area (Å²) >= 11 is 0. The van der Waals surface area contributed by atoms with Crippen molar-refractivity contribution in [3.63, 3.8) is 0 Å². The molecule has 88 valence electrons. The number of benzene rings is 1. The molecule has 0 heterocycles. The van der Waals surface area contributed by atoms with Crippen molar-refractivity contribution in [2.24, 2.45) is 16.5 Å². The van der Waals surface area contributed by atoms with Gasteiger partial charge in [0.05, 0.1) is 17.9 Å². The fourth-order valence-electron chi connectivity index (χ4n) is 1.16. The molecule has 0 saturated heterocycles. The molecule has 4 nitrogen and oxygen atoms in total. The summed E-state index contributed by atoms with van der Waals surface area (Å²) in [6.45, 7) is 6.62. The number of rotatable bonds is 3. The minimum Gasteiger partial charge on any atom is -0.371 e. The molecule has 0 spiro atoms. The third-order valence-corrected chi connectivity index (χ3v) is 1.84. The van der Waals surface area contributed by atoms with Crippen LogP contribution >= 0.6 is 0 Å². The highest BCUT2D eigenvalue weighted by molar-refractivity contribution is 5.79. The summed E-state index contributed by atoms with van der Waals surface area (Å²) in [5.74, 6) is 0.0638. The van der Waals surface area contributed by atoms with E-state index in [0.717, 1.165) is 11.3 Å². The molecule has 1 rings (SSSR count). The molecule has 0 aliphatic rings. The Morgan fingerprint density at radius 2 is 2.00 bits per heavy atom. The third-order valence-electron chi connectivity index (χ3n) is 1.84. The number of nitrogens with two attached hydrogens (primary N) is 2. The van der Waals surface area contributed by atoms with Crippen molar-refractivity contribution < 1.29 is 4.74 Å². The zero-order valence-electron chi connectivity index (χ0n) is 10.0. The second-order valence-corrected chi connectivity index (χ2v) is 4.61. The molecular formula is C12H19N3O. The molecule has 0 saturated carbocycles. The fourth-order valence-corrected chi connectivity index (χ4v) is 1.16. The molecule has 0 radical (unpaired) electrons. The van der Waals surface area contributed by atoms with Gasteiger partial charge in [-0.25, -0.2) is 4.99 Å². The van der Waals surface area contributed by atoms with E-state index in [1.807, 2.05) is 45.0 Å². The summed E-state index contributed by atoms with van der Waals surface area (Å²) in [7, 11) is 0. The van der Waals surface area contributed by atoms with E-state index in [0.29, 0.717) is 6.61 Å². The molecule has 1 aromatic rings. The lowest BCUT2D eigenvalue weighted by Gasteiger charge is -2.19. The van der Waals surface area contributed by atoms with Gasteiger partial charge in [-0.05, 0) is 38.5 Å². The summed E-state index contributed by atoms with van der Waals surface area (Å²) in [6.07, 6.45) is 0. The smallest absolute Gasteiger partial charge is 0.191 e. The van der Waals surface area contributed by atoms with Crippen molar-refractivity contribution in [3.05, 3.63) is 29.8 Å². The second kappa shape index (κ2) is 4.99. The van der Waals surface area contributed by atoms with Crippen LogP contribution in [0.15, 0.2) is 29.3 Å². The Balaban J connectivity index is 2.72. The van der Waals surface area contributed by atoms with Gasteiger partial charge in [0.15, 0.2) is 5.96 Å². The van der Waals surface area contributed by atoms with Crippen LogP contribution in [-0.4, -0.2) is 11.6 Å². The molecule has 0 atom stereocenters. The maximum absolute atomic E-state index is 5.66. The number of hydrogen-bond acceptors (Lipinski definition) is 2. The first-order chi connectivity index (χ1) is 7.37. The summed E-state index contributed by atoms with van der Waals surface area (Å²) < 4.78 is 5.66. The molecule has 0 bridgehead atoms. The standard InChI is InChI=1S/C12H19N3O/c1-12(2,3)16-8-9-5-4-6-10(7-9)15-11(13)14/h4-7H,8H2,1-3H3,(H4,13,14,15). The Morgan fingerprint density at radius 1 is 1.31 bits per heavy atom. The molecule has 16 heavy (non-hydrogen) atoms. The lowest BCUT2D eigenvalue weighted by molar-refractivity contribution is -0.0149. The molecule has 0 aliphatic heterocycles. The largest absolute Gasteiger partial charge is 0.371 e. The molecule has 4 heteroatoms. The van der Waals surface area contributed by atoms with Crippen LogP contribution in [0, 0.1) is 0 Å². The van der Waals surface area contributed by atoms with Gasteiger partial charge < -0.3 is 16.2 Å². The van der Waals surface area contributed by atoms with Crippen LogP contribution in [0.1, 0.15) is 26.3 Å². The molecule has 1 aromatic carbocycles. The first-order valence-electron chi connectivity index (χ1n) is 5.19. The Morgan fingerprint density at radius 3 is 2.56 bits per heavy atom. The normalized spacial score (nSPS) is 11.2. The highest BCUT2D eigenvalue weighted by Gasteiger charge is 2.09. The highest BCUT2D eigenvalue weighted by Crippen LogP contribution is 2.17. The Bertz CT molecular complexity index is 376. The summed E-state index contributed by atoms with van der Waals surface area (Å²) in [5, 5.41) is 0. The van der Waals surface area contributed by atoms with Crippen LogP contribution < -0.4 is 11.5 Å². The van der Waals surface area contributed by atoms with Crippen LogP contribution in [-0.2, 0) is 11.3 Å². The van der Waals surface area contributed by atoms with E-state index in [-0.39, 0.29) is 11.6 Å². The molecule has 0 aliphatic carbocycles. The minimum absolute atomic E-state index is 0.0638. The average molecular weight is 221 g/mol. The van der Waals surface area contributed by atoms with Crippen molar-refractivity contribution in [3.8, 4) is 0 Å². The minimum atomic E-state index is -0.147. The number of nitrogens with zero attached hydrogens (tertiary/aromatic N) is 1. The number of hydrogen-bond donors (Lipinski definition) is 2. The maximum atomic E-state index is 5.66. The second-order valence-electron chi connectivity index (χ2n) is 4.61. The molecule has 4 N–H and O–H groups in total.